The standard InChI is InChI=1S/C12H11Br2N/c1-3-8-4-5-9-10(6-8)12(14)15-7(2)11(9)13/h4-6H,3H2,1-2H3. The third-order valence-electron chi connectivity index (χ3n) is 2.53. The number of halogens is 2. The molecular formula is C12H11Br2N. The summed E-state index contributed by atoms with van der Waals surface area (Å²) in [5, 5.41) is 2.39. The van der Waals surface area contributed by atoms with Gasteiger partial charge in [-0.15, -0.1) is 0 Å². The average molecular weight is 329 g/mol. The van der Waals surface area contributed by atoms with Gasteiger partial charge in [-0.3, -0.25) is 0 Å². The highest BCUT2D eigenvalue weighted by molar-refractivity contribution is 9.11. The second-order valence-corrected chi connectivity index (χ2v) is 5.08. The van der Waals surface area contributed by atoms with Crippen molar-refractivity contribution in [1.29, 1.82) is 0 Å². The van der Waals surface area contributed by atoms with Crippen LogP contribution in [0, 0.1) is 6.92 Å². The summed E-state index contributed by atoms with van der Waals surface area (Å²) in [5.41, 5.74) is 2.35. The van der Waals surface area contributed by atoms with Crippen LogP contribution in [0.15, 0.2) is 27.3 Å². The van der Waals surface area contributed by atoms with E-state index in [1.165, 1.54) is 16.3 Å². The van der Waals surface area contributed by atoms with Gasteiger partial charge in [0.2, 0.25) is 0 Å². The van der Waals surface area contributed by atoms with Crippen molar-refractivity contribution >= 4 is 42.6 Å². The van der Waals surface area contributed by atoms with Gasteiger partial charge >= 0.3 is 0 Å². The zero-order chi connectivity index (χ0) is 11.0. The van der Waals surface area contributed by atoms with Gasteiger partial charge in [-0.05, 0) is 56.8 Å². The lowest BCUT2D eigenvalue weighted by atomic mass is 10.1. The Morgan fingerprint density at radius 3 is 2.60 bits per heavy atom. The molecule has 15 heavy (non-hydrogen) atoms. The topological polar surface area (TPSA) is 12.9 Å². The largest absolute Gasteiger partial charge is 0.244 e. The van der Waals surface area contributed by atoms with E-state index in [1.807, 2.05) is 6.92 Å². The molecule has 0 radical (unpaired) electrons. The number of fused-ring (bicyclic) bond motifs is 1. The summed E-state index contributed by atoms with van der Waals surface area (Å²) in [6, 6.07) is 6.51. The van der Waals surface area contributed by atoms with Crippen LogP contribution in [0.3, 0.4) is 0 Å². The SMILES string of the molecule is CCc1ccc2c(Br)c(C)nc(Br)c2c1. The van der Waals surface area contributed by atoms with E-state index in [0.717, 1.165) is 21.2 Å². The molecule has 1 heterocycles. The van der Waals surface area contributed by atoms with Gasteiger partial charge < -0.3 is 0 Å². The number of rotatable bonds is 1. The highest BCUT2D eigenvalue weighted by atomic mass is 79.9. The fourth-order valence-corrected chi connectivity index (χ4v) is 2.65. The smallest absolute Gasteiger partial charge is 0.114 e. The summed E-state index contributed by atoms with van der Waals surface area (Å²) >= 11 is 7.09. The molecule has 0 bridgehead atoms. The normalized spacial score (nSPS) is 10.9. The molecule has 3 heteroatoms. The molecule has 0 saturated carbocycles. The second kappa shape index (κ2) is 4.22. The summed E-state index contributed by atoms with van der Waals surface area (Å²) in [6.45, 7) is 4.16. The number of nitrogens with zero attached hydrogens (tertiary/aromatic N) is 1. The van der Waals surface area contributed by atoms with Crippen molar-refractivity contribution in [2.24, 2.45) is 0 Å². The molecule has 0 aliphatic heterocycles. The molecule has 0 aliphatic carbocycles. The first-order valence-electron chi connectivity index (χ1n) is 4.87. The monoisotopic (exact) mass is 327 g/mol. The van der Waals surface area contributed by atoms with E-state index in [9.17, 15) is 0 Å². The lowest BCUT2D eigenvalue weighted by molar-refractivity contribution is 1.14. The van der Waals surface area contributed by atoms with Crippen molar-refractivity contribution in [1.82, 2.24) is 4.98 Å². The maximum Gasteiger partial charge on any atom is 0.114 e. The van der Waals surface area contributed by atoms with Gasteiger partial charge in [0.05, 0.1) is 5.69 Å². The molecule has 0 fully saturated rings. The predicted octanol–water partition coefficient (Wildman–Crippen LogP) is 4.63. The van der Waals surface area contributed by atoms with Gasteiger partial charge in [-0.2, -0.15) is 0 Å². The molecule has 1 aromatic carbocycles. The number of aromatic nitrogens is 1. The Morgan fingerprint density at radius 1 is 1.20 bits per heavy atom. The van der Waals surface area contributed by atoms with Crippen LogP contribution < -0.4 is 0 Å². The molecule has 0 N–H and O–H groups in total. The fourth-order valence-electron chi connectivity index (χ4n) is 1.62. The molecular weight excluding hydrogens is 318 g/mol. The Hall–Kier alpha value is -0.410. The third-order valence-corrected chi connectivity index (χ3v) is 4.14. The summed E-state index contributed by atoms with van der Waals surface area (Å²) < 4.78 is 2.01. The Balaban J connectivity index is 2.84. The molecule has 0 saturated heterocycles. The van der Waals surface area contributed by atoms with Crippen LogP contribution in [0.4, 0.5) is 0 Å². The van der Waals surface area contributed by atoms with Crippen LogP contribution in [-0.4, -0.2) is 4.98 Å². The van der Waals surface area contributed by atoms with E-state index >= 15 is 0 Å². The van der Waals surface area contributed by atoms with Crippen LogP contribution in [0.1, 0.15) is 18.2 Å². The maximum atomic E-state index is 4.45. The number of aryl methyl sites for hydroxylation is 2. The summed E-state index contributed by atoms with van der Waals surface area (Å²) in [7, 11) is 0. The lowest BCUT2D eigenvalue weighted by Crippen LogP contribution is -1.89. The highest BCUT2D eigenvalue weighted by Crippen LogP contribution is 2.31. The van der Waals surface area contributed by atoms with Gasteiger partial charge in [0.1, 0.15) is 4.60 Å². The van der Waals surface area contributed by atoms with E-state index in [2.05, 4.69) is 62.0 Å². The molecule has 0 unspecified atom stereocenters. The van der Waals surface area contributed by atoms with Gasteiger partial charge in [0.25, 0.3) is 0 Å². The Morgan fingerprint density at radius 2 is 1.93 bits per heavy atom. The zero-order valence-electron chi connectivity index (χ0n) is 8.64. The number of hydrogen-bond acceptors (Lipinski definition) is 1. The van der Waals surface area contributed by atoms with Gasteiger partial charge in [0.15, 0.2) is 0 Å². The van der Waals surface area contributed by atoms with Gasteiger partial charge in [-0.1, -0.05) is 19.1 Å². The minimum atomic E-state index is 0.925. The number of pyridine rings is 1. The van der Waals surface area contributed by atoms with Gasteiger partial charge in [-0.25, -0.2) is 4.98 Å². The predicted molar refractivity (Wildman–Crippen MR) is 71.3 cm³/mol. The number of hydrogen-bond donors (Lipinski definition) is 0. The molecule has 0 aliphatic rings. The van der Waals surface area contributed by atoms with Crippen LogP contribution in [0.2, 0.25) is 0 Å². The minimum Gasteiger partial charge on any atom is -0.244 e. The summed E-state index contributed by atoms with van der Waals surface area (Å²) in [4.78, 5) is 4.45. The first-order chi connectivity index (χ1) is 7.13. The Kier molecular flexibility index (Phi) is 3.12. The Bertz CT molecular complexity index is 521. The van der Waals surface area contributed by atoms with Crippen molar-refractivity contribution in [2.45, 2.75) is 20.3 Å². The van der Waals surface area contributed by atoms with Crippen molar-refractivity contribution in [3.05, 3.63) is 38.5 Å². The lowest BCUT2D eigenvalue weighted by Gasteiger charge is -2.07. The van der Waals surface area contributed by atoms with Crippen molar-refractivity contribution < 1.29 is 0 Å². The Labute approximate surface area is 106 Å². The molecule has 2 rings (SSSR count). The number of benzene rings is 1. The van der Waals surface area contributed by atoms with Crippen molar-refractivity contribution in [2.75, 3.05) is 0 Å². The van der Waals surface area contributed by atoms with Crippen LogP contribution in [-0.2, 0) is 6.42 Å². The van der Waals surface area contributed by atoms with E-state index < -0.39 is 0 Å². The minimum absolute atomic E-state index is 0.925. The molecule has 0 atom stereocenters. The molecule has 0 spiro atoms. The summed E-state index contributed by atoms with van der Waals surface area (Å²) in [6.07, 6.45) is 1.05. The maximum absolute atomic E-state index is 4.45. The molecule has 1 nitrogen and oxygen atoms in total. The average Bonchev–Trinajstić information content (AvgIpc) is 2.25. The van der Waals surface area contributed by atoms with E-state index in [-0.39, 0.29) is 0 Å². The molecule has 2 aromatic rings. The van der Waals surface area contributed by atoms with Crippen molar-refractivity contribution in [3.63, 3.8) is 0 Å². The highest BCUT2D eigenvalue weighted by Gasteiger charge is 2.07. The first-order valence-corrected chi connectivity index (χ1v) is 6.46. The second-order valence-electron chi connectivity index (χ2n) is 3.54. The molecule has 1 aromatic heterocycles. The van der Waals surface area contributed by atoms with Crippen LogP contribution >= 0.6 is 31.9 Å². The van der Waals surface area contributed by atoms with Crippen LogP contribution in [0.25, 0.3) is 10.8 Å². The summed E-state index contributed by atoms with van der Waals surface area (Å²) in [5.74, 6) is 0. The van der Waals surface area contributed by atoms with Crippen LogP contribution in [0.5, 0.6) is 0 Å². The van der Waals surface area contributed by atoms with Crippen molar-refractivity contribution in [3.8, 4) is 0 Å². The van der Waals surface area contributed by atoms with E-state index in [1.54, 1.807) is 0 Å². The molecule has 0 amide bonds. The van der Waals surface area contributed by atoms with Gasteiger partial charge in [0, 0.05) is 15.2 Å². The molecule has 78 valence electrons. The fraction of sp³-hybridized carbons (Fsp3) is 0.250. The quantitative estimate of drug-likeness (QED) is 0.695. The zero-order valence-corrected chi connectivity index (χ0v) is 11.8. The first kappa shape index (κ1) is 11.1. The van der Waals surface area contributed by atoms with E-state index in [0.29, 0.717) is 0 Å². The third kappa shape index (κ3) is 1.95. The van der Waals surface area contributed by atoms with E-state index in [4.69, 9.17) is 0 Å².